The topological polar surface area (TPSA) is 107 Å². The number of carbonyl (C=O) groups excluding carboxylic acids is 1. The van der Waals surface area contributed by atoms with Gasteiger partial charge in [-0.15, -0.1) is 0 Å². The number of halogens is 1. The number of benzene rings is 3. The number of ether oxygens (including phenoxy) is 1. The summed E-state index contributed by atoms with van der Waals surface area (Å²) in [5.41, 5.74) is 3.72. The molecule has 0 saturated heterocycles. The van der Waals surface area contributed by atoms with Gasteiger partial charge < -0.3 is 24.5 Å². The molecule has 2 N–H and O–H groups in total. The Bertz CT molecular complexity index is 1480. The van der Waals surface area contributed by atoms with Crippen molar-refractivity contribution >= 4 is 29.0 Å². The summed E-state index contributed by atoms with van der Waals surface area (Å²) < 4.78 is 12.5. The first kappa shape index (κ1) is 23.1. The zero-order chi connectivity index (χ0) is 24.9. The summed E-state index contributed by atoms with van der Waals surface area (Å²) in [5.74, 6) is 1.57. The van der Waals surface area contributed by atoms with Gasteiger partial charge in [0.1, 0.15) is 11.4 Å². The SMILES string of the molecule is COc1ccc(-c2noc(-c3cn(Cc4ccc(NC(=O)Nc5cccc(Cl)c5)cc4)cn3)n2)cc1. The standard InChI is InChI=1S/C26H21ClN6O3/c1-35-22-11-7-18(8-12-22)24-31-25(36-32-24)23-15-33(16-28-23)14-17-5-9-20(10-6-17)29-26(34)30-21-4-2-3-19(27)13-21/h2-13,15-16H,14H2,1H3,(H2,29,30,34). The lowest BCUT2D eigenvalue weighted by molar-refractivity contribution is 0.262. The number of imidazole rings is 1. The van der Waals surface area contributed by atoms with Crippen molar-refractivity contribution in [1.29, 1.82) is 0 Å². The summed E-state index contributed by atoms with van der Waals surface area (Å²) >= 11 is 5.95. The van der Waals surface area contributed by atoms with E-state index in [2.05, 4.69) is 25.8 Å². The van der Waals surface area contributed by atoms with Crippen LogP contribution in [-0.4, -0.2) is 32.8 Å². The van der Waals surface area contributed by atoms with Crippen molar-refractivity contribution in [3.8, 4) is 28.7 Å². The fraction of sp³-hybridized carbons (Fsp3) is 0.0769. The Balaban J connectivity index is 1.19. The molecule has 0 atom stereocenters. The molecule has 0 spiro atoms. The van der Waals surface area contributed by atoms with Crippen LogP contribution in [0, 0.1) is 0 Å². The van der Waals surface area contributed by atoms with E-state index in [0.29, 0.717) is 40.4 Å². The summed E-state index contributed by atoms with van der Waals surface area (Å²) in [6.07, 6.45) is 3.55. The third-order valence-electron chi connectivity index (χ3n) is 5.29. The number of hydrogen-bond donors (Lipinski definition) is 2. The third-order valence-corrected chi connectivity index (χ3v) is 5.52. The molecule has 2 heterocycles. The number of amides is 2. The molecule has 0 aliphatic heterocycles. The van der Waals surface area contributed by atoms with E-state index in [9.17, 15) is 4.79 Å². The van der Waals surface area contributed by atoms with Gasteiger partial charge in [-0.2, -0.15) is 4.98 Å². The highest BCUT2D eigenvalue weighted by molar-refractivity contribution is 6.30. The zero-order valence-electron chi connectivity index (χ0n) is 19.2. The molecule has 0 bridgehead atoms. The van der Waals surface area contributed by atoms with Gasteiger partial charge in [0.2, 0.25) is 5.82 Å². The van der Waals surface area contributed by atoms with E-state index in [0.717, 1.165) is 16.9 Å². The molecular formula is C26H21ClN6O3. The normalized spacial score (nSPS) is 10.7. The predicted molar refractivity (Wildman–Crippen MR) is 137 cm³/mol. The minimum atomic E-state index is -0.349. The molecule has 2 aromatic heterocycles. The van der Waals surface area contributed by atoms with E-state index in [1.807, 2.05) is 59.3 Å². The molecule has 0 unspecified atom stereocenters. The number of methoxy groups -OCH3 is 1. The van der Waals surface area contributed by atoms with Crippen LogP contribution in [0.3, 0.4) is 0 Å². The molecule has 5 aromatic rings. The maximum Gasteiger partial charge on any atom is 0.323 e. The maximum absolute atomic E-state index is 12.2. The lowest BCUT2D eigenvalue weighted by Gasteiger charge is -2.09. The highest BCUT2D eigenvalue weighted by Gasteiger charge is 2.13. The number of nitrogens with zero attached hydrogens (tertiary/aromatic N) is 4. The minimum absolute atomic E-state index is 0.338. The van der Waals surface area contributed by atoms with Gasteiger partial charge >= 0.3 is 6.03 Å². The molecule has 0 aliphatic carbocycles. The molecule has 0 radical (unpaired) electrons. The van der Waals surface area contributed by atoms with Crippen molar-refractivity contribution < 1.29 is 14.1 Å². The lowest BCUT2D eigenvalue weighted by Crippen LogP contribution is -2.19. The first-order valence-corrected chi connectivity index (χ1v) is 11.4. The maximum atomic E-state index is 12.2. The Labute approximate surface area is 211 Å². The molecule has 10 heteroatoms. The Hall–Kier alpha value is -4.63. The first-order chi connectivity index (χ1) is 17.6. The van der Waals surface area contributed by atoms with Crippen LogP contribution in [0.2, 0.25) is 5.02 Å². The number of hydrogen-bond acceptors (Lipinski definition) is 6. The van der Waals surface area contributed by atoms with Crippen LogP contribution in [0.5, 0.6) is 5.75 Å². The van der Waals surface area contributed by atoms with E-state index >= 15 is 0 Å². The molecular weight excluding hydrogens is 480 g/mol. The molecule has 2 amide bonds. The fourth-order valence-electron chi connectivity index (χ4n) is 3.51. The summed E-state index contributed by atoms with van der Waals surface area (Å²) in [4.78, 5) is 21.1. The zero-order valence-corrected chi connectivity index (χ0v) is 19.9. The molecule has 3 aromatic carbocycles. The summed E-state index contributed by atoms with van der Waals surface area (Å²) in [6, 6.07) is 21.6. The van der Waals surface area contributed by atoms with Crippen LogP contribution in [0.15, 0.2) is 89.8 Å². The van der Waals surface area contributed by atoms with E-state index in [1.54, 1.807) is 37.7 Å². The lowest BCUT2D eigenvalue weighted by atomic mass is 10.2. The van der Waals surface area contributed by atoms with Crippen LogP contribution in [0.4, 0.5) is 16.2 Å². The van der Waals surface area contributed by atoms with Crippen molar-refractivity contribution in [2.45, 2.75) is 6.54 Å². The Morgan fingerprint density at radius 1 is 1.03 bits per heavy atom. The monoisotopic (exact) mass is 500 g/mol. The van der Waals surface area contributed by atoms with Crippen LogP contribution in [0.1, 0.15) is 5.56 Å². The van der Waals surface area contributed by atoms with Crippen molar-refractivity contribution in [3.63, 3.8) is 0 Å². The van der Waals surface area contributed by atoms with Gasteiger partial charge in [-0.3, -0.25) is 0 Å². The molecule has 36 heavy (non-hydrogen) atoms. The summed E-state index contributed by atoms with van der Waals surface area (Å²) in [6.45, 7) is 0.585. The van der Waals surface area contributed by atoms with Gasteiger partial charge in [0, 0.05) is 34.7 Å². The van der Waals surface area contributed by atoms with Gasteiger partial charge in [-0.1, -0.05) is 35.0 Å². The average Bonchev–Trinajstić information content (AvgIpc) is 3.55. The highest BCUT2D eigenvalue weighted by atomic mass is 35.5. The van der Waals surface area contributed by atoms with Gasteiger partial charge in [0.05, 0.1) is 13.4 Å². The number of anilines is 2. The number of carbonyl (C=O) groups is 1. The van der Waals surface area contributed by atoms with Crippen LogP contribution >= 0.6 is 11.6 Å². The number of urea groups is 1. The van der Waals surface area contributed by atoms with E-state index in [-0.39, 0.29) is 6.03 Å². The van der Waals surface area contributed by atoms with Gasteiger partial charge in [0.15, 0.2) is 0 Å². The summed E-state index contributed by atoms with van der Waals surface area (Å²) in [5, 5.41) is 10.2. The largest absolute Gasteiger partial charge is 0.497 e. The smallest absolute Gasteiger partial charge is 0.323 e. The third kappa shape index (κ3) is 5.53. The molecule has 0 saturated carbocycles. The average molecular weight is 501 g/mol. The second-order valence-corrected chi connectivity index (χ2v) is 8.31. The van der Waals surface area contributed by atoms with E-state index < -0.39 is 0 Å². The second kappa shape index (κ2) is 10.3. The van der Waals surface area contributed by atoms with Crippen LogP contribution < -0.4 is 15.4 Å². The van der Waals surface area contributed by atoms with Crippen LogP contribution in [-0.2, 0) is 6.54 Å². The molecule has 9 nitrogen and oxygen atoms in total. The fourth-order valence-corrected chi connectivity index (χ4v) is 3.70. The number of nitrogens with one attached hydrogen (secondary N) is 2. The van der Waals surface area contributed by atoms with Gasteiger partial charge in [0.25, 0.3) is 5.89 Å². The Morgan fingerprint density at radius 2 is 1.81 bits per heavy atom. The highest BCUT2D eigenvalue weighted by Crippen LogP contribution is 2.23. The molecule has 0 fully saturated rings. The van der Waals surface area contributed by atoms with Crippen molar-refractivity contribution in [2.75, 3.05) is 17.7 Å². The second-order valence-electron chi connectivity index (χ2n) is 7.87. The number of rotatable bonds is 7. The number of aromatic nitrogens is 4. The molecule has 0 aliphatic rings. The van der Waals surface area contributed by atoms with E-state index in [4.69, 9.17) is 20.9 Å². The van der Waals surface area contributed by atoms with Gasteiger partial charge in [-0.05, 0) is 60.2 Å². The quantitative estimate of drug-likeness (QED) is 0.286. The van der Waals surface area contributed by atoms with Crippen molar-refractivity contribution in [2.24, 2.45) is 0 Å². The first-order valence-electron chi connectivity index (χ1n) is 11.0. The summed E-state index contributed by atoms with van der Waals surface area (Å²) in [7, 11) is 1.62. The van der Waals surface area contributed by atoms with Crippen molar-refractivity contribution in [1.82, 2.24) is 19.7 Å². The Kier molecular flexibility index (Phi) is 6.63. The van der Waals surface area contributed by atoms with Crippen molar-refractivity contribution in [3.05, 3.63) is 95.9 Å². The predicted octanol–water partition coefficient (Wildman–Crippen LogP) is 5.95. The Morgan fingerprint density at radius 3 is 2.56 bits per heavy atom. The van der Waals surface area contributed by atoms with Gasteiger partial charge in [-0.25, -0.2) is 9.78 Å². The van der Waals surface area contributed by atoms with Crippen LogP contribution in [0.25, 0.3) is 23.0 Å². The molecule has 180 valence electrons. The minimum Gasteiger partial charge on any atom is -0.497 e. The van der Waals surface area contributed by atoms with E-state index in [1.165, 1.54) is 0 Å². The molecule has 5 rings (SSSR count).